The van der Waals surface area contributed by atoms with E-state index in [1.54, 1.807) is 18.2 Å². The average molecular weight is 314 g/mol. The highest BCUT2D eigenvalue weighted by Gasteiger charge is 2.14. The number of halogens is 4. The van der Waals surface area contributed by atoms with E-state index in [0.717, 1.165) is 0 Å². The van der Waals surface area contributed by atoms with Crippen molar-refractivity contribution in [3.05, 3.63) is 44.9 Å². The molecule has 2 nitrogen and oxygen atoms in total. The molecule has 17 heavy (non-hydrogen) atoms. The number of esters is 1. The first kappa shape index (κ1) is 14.7. The summed E-state index contributed by atoms with van der Waals surface area (Å²) in [6.45, 7) is 0. The number of ether oxygens (including phenoxy) is 1. The molecule has 0 amide bonds. The van der Waals surface area contributed by atoms with E-state index in [0.29, 0.717) is 15.6 Å². The summed E-state index contributed by atoms with van der Waals surface area (Å²) < 4.78 is 4.45. The van der Waals surface area contributed by atoms with Crippen LogP contribution in [-0.2, 0) is 9.53 Å². The Morgan fingerprint density at radius 1 is 1.41 bits per heavy atom. The van der Waals surface area contributed by atoms with Crippen molar-refractivity contribution in [1.82, 2.24) is 0 Å². The molecule has 0 aromatic heterocycles. The molecular weight excluding hydrogens is 306 g/mol. The van der Waals surface area contributed by atoms with Crippen molar-refractivity contribution >= 4 is 52.4 Å². The van der Waals surface area contributed by atoms with Crippen molar-refractivity contribution < 1.29 is 9.53 Å². The van der Waals surface area contributed by atoms with Gasteiger partial charge >= 0.3 is 5.97 Å². The lowest BCUT2D eigenvalue weighted by molar-refractivity contribution is -0.135. The van der Waals surface area contributed by atoms with Gasteiger partial charge in [0.05, 0.1) is 12.5 Å². The minimum Gasteiger partial charge on any atom is -0.465 e. The first-order chi connectivity index (χ1) is 7.95. The molecule has 0 bridgehead atoms. The second-order valence-electron chi connectivity index (χ2n) is 3.07. The second kappa shape index (κ2) is 6.50. The third kappa shape index (κ3) is 4.07. The fraction of sp³-hybridized carbons (Fsp3) is 0.182. The van der Waals surface area contributed by atoms with Crippen LogP contribution in [0.3, 0.4) is 0 Å². The maximum atomic E-state index is 11.1. The summed E-state index contributed by atoms with van der Waals surface area (Å²) in [6.07, 6.45) is 1.35. The molecule has 0 radical (unpaired) electrons. The molecule has 1 atom stereocenters. The first-order valence-electron chi connectivity index (χ1n) is 4.50. The molecule has 1 aromatic rings. The van der Waals surface area contributed by atoms with Gasteiger partial charge in [-0.2, -0.15) is 0 Å². The fourth-order valence-electron chi connectivity index (χ4n) is 1.11. The third-order valence-corrected chi connectivity index (χ3v) is 3.14. The standard InChI is InChI=1S/C11H8Cl4O2/c1-17-11(16)10(15)5-9(14)7-3-2-6(12)4-8(7)13/h2-5,9H,1H3/b10-5-/t9-/m0/s1. The van der Waals surface area contributed by atoms with Crippen molar-refractivity contribution in [2.24, 2.45) is 0 Å². The lowest BCUT2D eigenvalue weighted by Gasteiger charge is -2.08. The molecule has 6 heteroatoms. The van der Waals surface area contributed by atoms with Gasteiger partial charge in [0.2, 0.25) is 0 Å². The van der Waals surface area contributed by atoms with E-state index < -0.39 is 11.3 Å². The number of rotatable bonds is 3. The highest BCUT2D eigenvalue weighted by atomic mass is 35.5. The maximum absolute atomic E-state index is 11.1. The van der Waals surface area contributed by atoms with E-state index in [2.05, 4.69) is 4.74 Å². The quantitative estimate of drug-likeness (QED) is 0.464. The first-order valence-corrected chi connectivity index (χ1v) is 6.07. The minimum absolute atomic E-state index is 0.0986. The van der Waals surface area contributed by atoms with Gasteiger partial charge in [-0.3, -0.25) is 0 Å². The molecule has 1 rings (SSSR count). The topological polar surface area (TPSA) is 26.3 Å². The van der Waals surface area contributed by atoms with Crippen LogP contribution < -0.4 is 0 Å². The van der Waals surface area contributed by atoms with Crippen molar-refractivity contribution in [3.63, 3.8) is 0 Å². The molecule has 0 heterocycles. The Bertz CT molecular complexity index is 457. The van der Waals surface area contributed by atoms with Crippen LogP contribution in [0.2, 0.25) is 10.0 Å². The molecule has 0 aliphatic heterocycles. The number of carbonyl (C=O) groups is 1. The van der Waals surface area contributed by atoms with E-state index in [-0.39, 0.29) is 5.03 Å². The van der Waals surface area contributed by atoms with Gasteiger partial charge in [-0.05, 0) is 23.8 Å². The zero-order valence-corrected chi connectivity index (χ0v) is 11.7. The van der Waals surface area contributed by atoms with Crippen LogP contribution in [0.4, 0.5) is 0 Å². The van der Waals surface area contributed by atoms with Gasteiger partial charge in [0, 0.05) is 10.0 Å². The number of hydrogen-bond acceptors (Lipinski definition) is 2. The molecule has 0 spiro atoms. The Hall–Kier alpha value is -0.410. The summed E-state index contributed by atoms with van der Waals surface area (Å²) in [5.74, 6) is -0.651. The lowest BCUT2D eigenvalue weighted by atomic mass is 10.1. The predicted molar refractivity (Wildman–Crippen MR) is 71.0 cm³/mol. The fourth-order valence-corrected chi connectivity index (χ4v) is 2.27. The van der Waals surface area contributed by atoms with Gasteiger partial charge < -0.3 is 4.74 Å². The van der Waals surface area contributed by atoms with Crippen LogP contribution in [0.15, 0.2) is 29.3 Å². The smallest absolute Gasteiger partial charge is 0.349 e. The molecule has 92 valence electrons. The van der Waals surface area contributed by atoms with E-state index in [1.165, 1.54) is 13.2 Å². The largest absolute Gasteiger partial charge is 0.465 e. The summed E-state index contributed by atoms with van der Waals surface area (Å²) in [4.78, 5) is 11.1. The van der Waals surface area contributed by atoms with E-state index in [1.807, 2.05) is 0 Å². The summed E-state index contributed by atoms with van der Waals surface area (Å²) in [6, 6.07) is 4.88. The number of alkyl halides is 1. The Kier molecular flexibility index (Phi) is 5.60. The summed E-state index contributed by atoms with van der Waals surface area (Å²) in [7, 11) is 1.23. The van der Waals surface area contributed by atoms with E-state index in [9.17, 15) is 4.79 Å². The maximum Gasteiger partial charge on any atom is 0.349 e. The molecule has 0 fully saturated rings. The highest BCUT2D eigenvalue weighted by Crippen LogP contribution is 2.32. The number of carbonyl (C=O) groups excluding carboxylic acids is 1. The Labute approximate surface area is 119 Å². The SMILES string of the molecule is COC(=O)/C(Cl)=C/[C@H](Cl)c1ccc(Cl)cc1Cl. The molecule has 0 saturated heterocycles. The van der Waals surface area contributed by atoms with Gasteiger partial charge in [-0.25, -0.2) is 4.79 Å². The van der Waals surface area contributed by atoms with Crippen molar-refractivity contribution in [2.45, 2.75) is 5.38 Å². The normalized spacial score (nSPS) is 13.4. The number of methoxy groups -OCH3 is 1. The van der Waals surface area contributed by atoms with E-state index in [4.69, 9.17) is 46.4 Å². The van der Waals surface area contributed by atoms with Crippen LogP contribution >= 0.6 is 46.4 Å². The van der Waals surface area contributed by atoms with Crippen LogP contribution in [0.1, 0.15) is 10.9 Å². The second-order valence-corrected chi connectivity index (χ2v) is 4.79. The predicted octanol–water partition coefficient (Wildman–Crippen LogP) is 4.57. The number of allylic oxidation sites excluding steroid dienone is 1. The monoisotopic (exact) mass is 312 g/mol. The molecule has 1 aromatic carbocycles. The Balaban J connectivity index is 2.97. The van der Waals surface area contributed by atoms with Gasteiger partial charge in [0.15, 0.2) is 0 Å². The number of benzene rings is 1. The lowest BCUT2D eigenvalue weighted by Crippen LogP contribution is -2.01. The average Bonchev–Trinajstić information content (AvgIpc) is 2.27. The molecule has 0 saturated carbocycles. The molecule has 0 aliphatic carbocycles. The van der Waals surface area contributed by atoms with Crippen LogP contribution in [0, 0.1) is 0 Å². The van der Waals surface area contributed by atoms with Crippen molar-refractivity contribution in [1.29, 1.82) is 0 Å². The van der Waals surface area contributed by atoms with Gasteiger partial charge in [-0.15, -0.1) is 11.6 Å². The zero-order valence-electron chi connectivity index (χ0n) is 8.72. The Morgan fingerprint density at radius 3 is 2.59 bits per heavy atom. The van der Waals surface area contributed by atoms with Gasteiger partial charge in [-0.1, -0.05) is 40.9 Å². The van der Waals surface area contributed by atoms with Crippen LogP contribution in [0.25, 0.3) is 0 Å². The van der Waals surface area contributed by atoms with E-state index >= 15 is 0 Å². The summed E-state index contributed by atoms with van der Waals surface area (Å²) in [5, 5.41) is 0.179. The number of hydrogen-bond donors (Lipinski definition) is 0. The van der Waals surface area contributed by atoms with Crippen LogP contribution in [-0.4, -0.2) is 13.1 Å². The molecule has 0 N–H and O–H groups in total. The highest BCUT2D eigenvalue weighted by molar-refractivity contribution is 6.42. The molecular formula is C11H8Cl4O2. The summed E-state index contributed by atoms with van der Waals surface area (Å²) >= 11 is 23.5. The van der Waals surface area contributed by atoms with Crippen molar-refractivity contribution in [3.8, 4) is 0 Å². The van der Waals surface area contributed by atoms with Gasteiger partial charge in [0.25, 0.3) is 0 Å². The summed E-state index contributed by atoms with van der Waals surface area (Å²) in [5.41, 5.74) is 0.611. The Morgan fingerprint density at radius 2 is 2.06 bits per heavy atom. The third-order valence-electron chi connectivity index (χ3n) is 1.93. The minimum atomic E-state index is -0.651. The van der Waals surface area contributed by atoms with Crippen LogP contribution in [0.5, 0.6) is 0 Å². The molecule has 0 unspecified atom stereocenters. The molecule has 0 aliphatic rings. The van der Waals surface area contributed by atoms with Gasteiger partial charge in [0.1, 0.15) is 5.03 Å². The zero-order chi connectivity index (χ0) is 13.0. The van der Waals surface area contributed by atoms with Crippen molar-refractivity contribution in [2.75, 3.05) is 7.11 Å².